The molecule has 0 bridgehead atoms. The lowest BCUT2D eigenvalue weighted by Gasteiger charge is -2.17. The summed E-state index contributed by atoms with van der Waals surface area (Å²) in [5.74, 6) is 0. The molecule has 0 atom stereocenters. The number of unbranched alkanes of at least 4 members (excludes halogenated alkanes) is 1. The molecule has 15 heavy (non-hydrogen) atoms. The molecule has 0 saturated carbocycles. The van der Waals surface area contributed by atoms with Gasteiger partial charge in [0.2, 0.25) is 0 Å². The van der Waals surface area contributed by atoms with E-state index in [2.05, 4.69) is 49.6 Å². The molecule has 1 aromatic rings. The molecule has 0 spiro atoms. The van der Waals surface area contributed by atoms with Crippen LogP contribution in [0, 0.1) is 0 Å². The Morgan fingerprint density at radius 2 is 1.87 bits per heavy atom. The number of rotatable bonds is 4. The fourth-order valence-corrected chi connectivity index (χ4v) is 1.75. The normalized spacial score (nSPS) is 12.1. The van der Waals surface area contributed by atoms with Crippen LogP contribution in [0.1, 0.15) is 58.8 Å². The van der Waals surface area contributed by atoms with E-state index in [1.54, 1.807) is 0 Å². The molecule has 0 aliphatic rings. The SMILES string of the molecule is CCCCn1nnc(C(C)(C)C)c1CC. The zero-order chi connectivity index (χ0) is 11.5. The van der Waals surface area contributed by atoms with E-state index < -0.39 is 0 Å². The minimum absolute atomic E-state index is 0.107. The summed E-state index contributed by atoms with van der Waals surface area (Å²) < 4.78 is 2.07. The van der Waals surface area contributed by atoms with Crippen LogP contribution in [0.15, 0.2) is 0 Å². The molecular weight excluding hydrogens is 186 g/mol. The van der Waals surface area contributed by atoms with E-state index in [4.69, 9.17) is 0 Å². The molecule has 1 aromatic heterocycles. The minimum atomic E-state index is 0.107. The summed E-state index contributed by atoms with van der Waals surface area (Å²) in [4.78, 5) is 0. The molecule has 86 valence electrons. The van der Waals surface area contributed by atoms with Crippen molar-refractivity contribution in [3.63, 3.8) is 0 Å². The fourth-order valence-electron chi connectivity index (χ4n) is 1.75. The van der Waals surface area contributed by atoms with Gasteiger partial charge in [0.25, 0.3) is 0 Å². The summed E-state index contributed by atoms with van der Waals surface area (Å²) in [5, 5.41) is 8.58. The lowest BCUT2D eigenvalue weighted by atomic mass is 9.90. The first-order chi connectivity index (χ1) is 7.00. The molecule has 0 amide bonds. The van der Waals surface area contributed by atoms with E-state index >= 15 is 0 Å². The van der Waals surface area contributed by atoms with Crippen molar-refractivity contribution in [1.29, 1.82) is 0 Å². The van der Waals surface area contributed by atoms with Crippen molar-refractivity contribution in [2.45, 2.75) is 65.8 Å². The highest BCUT2D eigenvalue weighted by Crippen LogP contribution is 2.23. The van der Waals surface area contributed by atoms with Crippen molar-refractivity contribution in [3.8, 4) is 0 Å². The topological polar surface area (TPSA) is 30.7 Å². The van der Waals surface area contributed by atoms with E-state index in [0.717, 1.165) is 18.7 Å². The maximum Gasteiger partial charge on any atom is 0.0912 e. The molecule has 0 aliphatic heterocycles. The van der Waals surface area contributed by atoms with Crippen LogP contribution in [0.4, 0.5) is 0 Å². The molecule has 3 heteroatoms. The lowest BCUT2D eigenvalue weighted by molar-refractivity contribution is 0.533. The van der Waals surface area contributed by atoms with E-state index in [1.165, 1.54) is 18.5 Å². The predicted molar refractivity (Wildman–Crippen MR) is 63.0 cm³/mol. The third-order valence-corrected chi connectivity index (χ3v) is 2.61. The first kappa shape index (κ1) is 12.2. The maximum atomic E-state index is 4.32. The van der Waals surface area contributed by atoms with E-state index in [-0.39, 0.29) is 5.41 Å². The van der Waals surface area contributed by atoms with Crippen LogP contribution in [0.3, 0.4) is 0 Å². The van der Waals surface area contributed by atoms with Gasteiger partial charge in [-0.05, 0) is 12.8 Å². The highest BCUT2D eigenvalue weighted by molar-refractivity contribution is 5.18. The summed E-state index contributed by atoms with van der Waals surface area (Å²) in [7, 11) is 0. The Balaban J connectivity index is 2.95. The molecule has 0 aliphatic carbocycles. The van der Waals surface area contributed by atoms with Gasteiger partial charge in [-0.1, -0.05) is 46.3 Å². The first-order valence-electron chi connectivity index (χ1n) is 5.93. The number of aromatic nitrogens is 3. The van der Waals surface area contributed by atoms with Crippen LogP contribution in [0.25, 0.3) is 0 Å². The largest absolute Gasteiger partial charge is 0.249 e. The van der Waals surface area contributed by atoms with Gasteiger partial charge in [-0.2, -0.15) is 0 Å². The second kappa shape index (κ2) is 4.77. The molecule has 3 nitrogen and oxygen atoms in total. The summed E-state index contributed by atoms with van der Waals surface area (Å²) in [6, 6.07) is 0. The second-order valence-electron chi connectivity index (χ2n) is 5.06. The molecule has 0 unspecified atom stereocenters. The predicted octanol–water partition coefficient (Wildman–Crippen LogP) is 2.94. The van der Waals surface area contributed by atoms with Crippen molar-refractivity contribution in [1.82, 2.24) is 15.0 Å². The van der Waals surface area contributed by atoms with Gasteiger partial charge in [0.05, 0.1) is 11.4 Å². The Bertz CT molecular complexity index is 307. The molecule has 0 N–H and O–H groups in total. The van der Waals surface area contributed by atoms with Crippen LogP contribution < -0.4 is 0 Å². The van der Waals surface area contributed by atoms with Gasteiger partial charge in [0, 0.05) is 12.0 Å². The number of aryl methyl sites for hydroxylation is 1. The third kappa shape index (κ3) is 2.80. The smallest absolute Gasteiger partial charge is 0.0912 e. The summed E-state index contributed by atoms with van der Waals surface area (Å²) in [6.45, 7) is 12.0. The van der Waals surface area contributed by atoms with Gasteiger partial charge in [-0.15, -0.1) is 5.10 Å². The molecule has 0 fully saturated rings. The monoisotopic (exact) mass is 209 g/mol. The number of hydrogen-bond donors (Lipinski definition) is 0. The van der Waals surface area contributed by atoms with Gasteiger partial charge >= 0.3 is 0 Å². The Labute approximate surface area is 92.9 Å². The fraction of sp³-hybridized carbons (Fsp3) is 0.833. The first-order valence-corrected chi connectivity index (χ1v) is 5.93. The Morgan fingerprint density at radius 1 is 1.20 bits per heavy atom. The van der Waals surface area contributed by atoms with E-state index in [1.807, 2.05) is 0 Å². The summed E-state index contributed by atoms with van der Waals surface area (Å²) in [5.41, 5.74) is 2.56. The van der Waals surface area contributed by atoms with Crippen molar-refractivity contribution < 1.29 is 0 Å². The summed E-state index contributed by atoms with van der Waals surface area (Å²) in [6.07, 6.45) is 3.40. The van der Waals surface area contributed by atoms with Crippen LogP contribution in [-0.4, -0.2) is 15.0 Å². The lowest BCUT2D eigenvalue weighted by Crippen LogP contribution is -2.15. The highest BCUT2D eigenvalue weighted by atomic mass is 15.4. The van der Waals surface area contributed by atoms with Gasteiger partial charge in [0.1, 0.15) is 0 Å². The van der Waals surface area contributed by atoms with Gasteiger partial charge < -0.3 is 0 Å². The van der Waals surface area contributed by atoms with Crippen molar-refractivity contribution in [2.24, 2.45) is 0 Å². The maximum absolute atomic E-state index is 4.32. The average Bonchev–Trinajstić information content (AvgIpc) is 2.56. The van der Waals surface area contributed by atoms with Gasteiger partial charge in [-0.3, -0.25) is 0 Å². The highest BCUT2D eigenvalue weighted by Gasteiger charge is 2.23. The van der Waals surface area contributed by atoms with Gasteiger partial charge in [-0.25, -0.2) is 4.68 Å². The molecule has 0 radical (unpaired) electrons. The Morgan fingerprint density at radius 3 is 2.33 bits per heavy atom. The average molecular weight is 209 g/mol. The van der Waals surface area contributed by atoms with Crippen molar-refractivity contribution in [2.75, 3.05) is 0 Å². The molecule has 0 aromatic carbocycles. The standard InChI is InChI=1S/C12H23N3/c1-6-8-9-15-10(7-2)11(13-14-15)12(3,4)5/h6-9H2,1-5H3. The number of nitrogens with zero attached hydrogens (tertiary/aromatic N) is 3. The molecule has 1 rings (SSSR count). The Hall–Kier alpha value is -0.860. The number of hydrogen-bond acceptors (Lipinski definition) is 2. The molecular formula is C12H23N3. The second-order valence-corrected chi connectivity index (χ2v) is 5.06. The van der Waals surface area contributed by atoms with Crippen molar-refractivity contribution in [3.05, 3.63) is 11.4 Å². The van der Waals surface area contributed by atoms with Gasteiger partial charge in [0.15, 0.2) is 0 Å². The minimum Gasteiger partial charge on any atom is -0.249 e. The van der Waals surface area contributed by atoms with Crippen molar-refractivity contribution >= 4 is 0 Å². The van der Waals surface area contributed by atoms with Crippen LogP contribution in [0.5, 0.6) is 0 Å². The third-order valence-electron chi connectivity index (χ3n) is 2.61. The zero-order valence-corrected chi connectivity index (χ0v) is 10.7. The zero-order valence-electron chi connectivity index (χ0n) is 10.7. The Kier molecular flexibility index (Phi) is 3.89. The molecule has 1 heterocycles. The molecule has 0 saturated heterocycles. The van der Waals surface area contributed by atoms with E-state index in [9.17, 15) is 0 Å². The summed E-state index contributed by atoms with van der Waals surface area (Å²) >= 11 is 0. The van der Waals surface area contributed by atoms with Crippen LogP contribution in [0.2, 0.25) is 0 Å². The van der Waals surface area contributed by atoms with Crippen LogP contribution in [-0.2, 0) is 18.4 Å². The van der Waals surface area contributed by atoms with E-state index in [0.29, 0.717) is 0 Å². The quantitative estimate of drug-likeness (QED) is 0.763. The van der Waals surface area contributed by atoms with Crippen LogP contribution >= 0.6 is 0 Å².